The van der Waals surface area contributed by atoms with Gasteiger partial charge in [0.25, 0.3) is 21.9 Å². The fourth-order valence-corrected chi connectivity index (χ4v) is 4.38. The minimum atomic E-state index is -3.97. The molecule has 0 radical (unpaired) electrons. The Morgan fingerprint density at radius 1 is 1.31 bits per heavy atom. The predicted molar refractivity (Wildman–Crippen MR) is 107 cm³/mol. The third-order valence-corrected chi connectivity index (χ3v) is 5.94. The molecule has 0 aliphatic carbocycles. The highest BCUT2D eigenvalue weighted by atomic mass is 32.2. The van der Waals surface area contributed by atoms with E-state index >= 15 is 0 Å². The van der Waals surface area contributed by atoms with Gasteiger partial charge in [0.2, 0.25) is 11.5 Å². The Bertz CT molecular complexity index is 1020. The maximum absolute atomic E-state index is 12.6. The number of aliphatic carboxylic acids is 1. The van der Waals surface area contributed by atoms with Crippen LogP contribution < -0.4 is 5.32 Å². The van der Waals surface area contributed by atoms with Crippen molar-refractivity contribution in [2.24, 2.45) is 5.16 Å². The summed E-state index contributed by atoms with van der Waals surface area (Å²) in [5, 5.41) is 14.2. The largest absolute Gasteiger partial charge is 0.477 e. The molecular weight excluding hydrogens is 474 g/mol. The molecule has 0 aromatic rings. The smallest absolute Gasteiger partial charge is 0.352 e. The quantitative estimate of drug-likeness (QED) is 0.0836. The van der Waals surface area contributed by atoms with E-state index in [0.29, 0.717) is 6.26 Å². The first-order valence-electron chi connectivity index (χ1n) is 8.70. The molecule has 0 bridgehead atoms. The van der Waals surface area contributed by atoms with Crippen molar-refractivity contribution in [3.05, 3.63) is 11.3 Å². The van der Waals surface area contributed by atoms with Crippen LogP contribution in [0.25, 0.3) is 0 Å². The van der Waals surface area contributed by atoms with Gasteiger partial charge in [-0.1, -0.05) is 5.16 Å². The number of amides is 2. The number of carboxylic acids is 1. The monoisotopic (exact) mass is 493 g/mol. The number of ether oxygens (including phenoxy) is 1. The lowest BCUT2D eigenvalue weighted by Gasteiger charge is -2.49. The van der Waals surface area contributed by atoms with E-state index in [0.717, 1.165) is 30.7 Å². The highest BCUT2D eigenvalue weighted by Crippen LogP contribution is 2.40. The van der Waals surface area contributed by atoms with Gasteiger partial charge in [-0.2, -0.15) is 8.42 Å². The fraction of sp³-hybridized carbons (Fsp3) is 0.500. The van der Waals surface area contributed by atoms with Crippen molar-refractivity contribution in [2.75, 3.05) is 32.3 Å². The molecule has 2 N–H and O–H groups in total. The lowest BCUT2D eigenvalue weighted by Crippen LogP contribution is -2.71. The Morgan fingerprint density at radius 2 is 1.97 bits per heavy atom. The standard InChI is InChI=1S/C16H19N3O11S2/c1-7(20)29-4-8-6-31-15-11(14(23)19(15)12(8)16(24)25)17-13(22)10(18-28-2)9(21)5-30-32(3,26)27/h11,15H,4-6H2,1-3H3,(H,17,22)(H,24,25)/b18-10-/t11?,15-/m0/s1. The van der Waals surface area contributed by atoms with Gasteiger partial charge >= 0.3 is 11.9 Å². The number of β-lactam (4-membered cyclic amide) rings is 1. The fourth-order valence-electron chi connectivity index (χ4n) is 2.73. The van der Waals surface area contributed by atoms with E-state index in [-0.39, 0.29) is 23.6 Å². The van der Waals surface area contributed by atoms with Crippen LogP contribution in [0.1, 0.15) is 6.92 Å². The third-order valence-electron chi connectivity index (χ3n) is 4.05. The molecule has 0 aromatic heterocycles. The summed E-state index contributed by atoms with van der Waals surface area (Å²) >= 11 is 1.11. The van der Waals surface area contributed by atoms with Gasteiger partial charge in [-0.05, 0) is 0 Å². The third kappa shape index (κ3) is 5.83. The molecule has 16 heteroatoms. The van der Waals surface area contributed by atoms with Crippen LogP contribution in [0.4, 0.5) is 0 Å². The zero-order chi connectivity index (χ0) is 24.2. The van der Waals surface area contributed by atoms with Gasteiger partial charge in [0.05, 0.1) is 6.26 Å². The Kier molecular flexibility index (Phi) is 7.97. The van der Waals surface area contributed by atoms with Crippen LogP contribution in [0.15, 0.2) is 16.4 Å². The predicted octanol–water partition coefficient (Wildman–Crippen LogP) is -2.16. The minimum absolute atomic E-state index is 0.107. The number of thioether (sulfide) groups is 1. The highest BCUT2D eigenvalue weighted by molar-refractivity contribution is 8.00. The summed E-state index contributed by atoms with van der Waals surface area (Å²) in [7, 11) is -2.93. The van der Waals surface area contributed by atoms with Crippen LogP contribution in [0.5, 0.6) is 0 Å². The Morgan fingerprint density at radius 3 is 2.50 bits per heavy atom. The number of carboxylic acid groups (broad SMARTS) is 1. The van der Waals surface area contributed by atoms with Gasteiger partial charge in [-0.3, -0.25) is 28.3 Å². The lowest BCUT2D eigenvalue weighted by molar-refractivity contribution is -0.150. The first kappa shape index (κ1) is 25.3. The summed E-state index contributed by atoms with van der Waals surface area (Å²) in [5.41, 5.74) is -0.983. The van der Waals surface area contributed by atoms with E-state index in [4.69, 9.17) is 4.74 Å². The van der Waals surface area contributed by atoms with Crippen molar-refractivity contribution < 1.29 is 51.3 Å². The first-order valence-corrected chi connectivity index (χ1v) is 11.6. The van der Waals surface area contributed by atoms with Gasteiger partial charge in [0.15, 0.2) is 0 Å². The van der Waals surface area contributed by atoms with E-state index in [2.05, 4.69) is 19.5 Å². The molecule has 2 rings (SSSR count). The summed E-state index contributed by atoms with van der Waals surface area (Å²) in [4.78, 5) is 65.2. The summed E-state index contributed by atoms with van der Waals surface area (Å²) in [5.74, 6) is -4.96. The number of Topliss-reactive ketones (excluding diaryl/α,β-unsaturated/α-hetero) is 1. The number of nitrogens with one attached hydrogen (secondary N) is 1. The van der Waals surface area contributed by atoms with Gasteiger partial charge in [-0.25, -0.2) is 4.79 Å². The van der Waals surface area contributed by atoms with Gasteiger partial charge in [0.1, 0.15) is 37.4 Å². The van der Waals surface area contributed by atoms with Crippen LogP contribution in [0.2, 0.25) is 0 Å². The molecule has 14 nitrogen and oxygen atoms in total. The second-order valence-corrected chi connectivity index (χ2v) is 9.16. The van der Waals surface area contributed by atoms with E-state index < -0.39 is 63.4 Å². The molecule has 2 aliphatic rings. The van der Waals surface area contributed by atoms with Crippen LogP contribution in [0, 0.1) is 0 Å². The molecule has 2 amide bonds. The van der Waals surface area contributed by atoms with Gasteiger partial charge in [0, 0.05) is 18.2 Å². The topological polar surface area (TPSA) is 195 Å². The highest BCUT2D eigenvalue weighted by Gasteiger charge is 2.54. The van der Waals surface area contributed by atoms with Crippen molar-refractivity contribution in [3.63, 3.8) is 0 Å². The maximum Gasteiger partial charge on any atom is 0.352 e. The van der Waals surface area contributed by atoms with E-state index in [1.165, 1.54) is 0 Å². The van der Waals surface area contributed by atoms with E-state index in [1.807, 2.05) is 0 Å². The van der Waals surface area contributed by atoms with Crippen molar-refractivity contribution in [2.45, 2.75) is 18.3 Å². The SMILES string of the molecule is CO/N=C(/C(=O)COS(C)(=O)=O)C(=O)NC1C(=O)N2C(C(=O)O)=C(COC(C)=O)CS[C@@H]12. The molecule has 1 saturated heterocycles. The number of hydrogen-bond donors (Lipinski definition) is 2. The number of oxime groups is 1. The Labute approximate surface area is 186 Å². The summed E-state index contributed by atoms with van der Waals surface area (Å²) < 4.78 is 31.2. The van der Waals surface area contributed by atoms with Crippen LogP contribution >= 0.6 is 11.8 Å². The number of hydrogen-bond acceptors (Lipinski definition) is 12. The van der Waals surface area contributed by atoms with Gasteiger partial charge in [-0.15, -0.1) is 11.8 Å². The normalized spacial score (nSPS) is 20.8. The Hall–Kier alpha value is -2.98. The molecule has 32 heavy (non-hydrogen) atoms. The molecular formula is C16H19N3O11S2. The number of nitrogens with zero attached hydrogens (tertiary/aromatic N) is 2. The second kappa shape index (κ2) is 10.1. The molecule has 0 aromatic carbocycles. The minimum Gasteiger partial charge on any atom is -0.477 e. The molecule has 1 unspecified atom stereocenters. The van der Waals surface area contributed by atoms with Crippen LogP contribution in [-0.2, 0) is 47.8 Å². The average Bonchev–Trinajstić information content (AvgIpc) is 2.70. The number of fused-ring (bicyclic) bond motifs is 1. The zero-order valence-corrected chi connectivity index (χ0v) is 18.6. The van der Waals surface area contributed by atoms with Gasteiger partial charge < -0.3 is 20.0 Å². The summed E-state index contributed by atoms with van der Waals surface area (Å²) in [6, 6.07) is -1.19. The Balaban J connectivity index is 2.15. The molecule has 0 saturated carbocycles. The van der Waals surface area contributed by atoms with Crippen molar-refractivity contribution in [3.8, 4) is 0 Å². The van der Waals surface area contributed by atoms with E-state index in [1.54, 1.807) is 0 Å². The number of esters is 1. The lowest BCUT2D eigenvalue weighted by atomic mass is 10.0. The number of carbonyl (C=O) groups is 5. The van der Waals surface area contributed by atoms with E-state index in [9.17, 15) is 37.5 Å². The second-order valence-electron chi connectivity index (χ2n) is 6.41. The summed E-state index contributed by atoms with van der Waals surface area (Å²) in [6.07, 6.45) is 0.707. The number of ketones is 1. The molecule has 2 aliphatic heterocycles. The molecule has 176 valence electrons. The maximum atomic E-state index is 12.6. The molecule has 2 heterocycles. The summed E-state index contributed by atoms with van der Waals surface area (Å²) in [6.45, 7) is -0.165. The van der Waals surface area contributed by atoms with Crippen LogP contribution in [-0.4, -0.2) is 97.4 Å². The number of rotatable bonds is 10. The van der Waals surface area contributed by atoms with Crippen molar-refractivity contribution in [1.29, 1.82) is 0 Å². The zero-order valence-electron chi connectivity index (χ0n) is 17.0. The first-order chi connectivity index (χ1) is 14.9. The van der Waals surface area contributed by atoms with Crippen molar-refractivity contribution >= 4 is 57.1 Å². The van der Waals surface area contributed by atoms with Crippen LogP contribution in [0.3, 0.4) is 0 Å². The molecule has 1 fully saturated rings. The average molecular weight is 493 g/mol. The number of carbonyl (C=O) groups excluding carboxylic acids is 4. The molecule has 0 spiro atoms. The molecule has 2 atom stereocenters. The van der Waals surface area contributed by atoms with Crippen molar-refractivity contribution in [1.82, 2.24) is 10.2 Å².